The molecule has 2 aliphatic heterocycles. The molecular formula is C23H37N5O3. The van der Waals surface area contributed by atoms with Crippen LogP contribution in [0.15, 0.2) is 6.07 Å². The first kappa shape index (κ1) is 23.4. The molecule has 0 saturated carbocycles. The normalized spacial score (nSPS) is 20.4. The van der Waals surface area contributed by atoms with Gasteiger partial charge >= 0.3 is 0 Å². The van der Waals surface area contributed by atoms with Gasteiger partial charge in [0, 0.05) is 71.1 Å². The minimum absolute atomic E-state index is 0.00290. The van der Waals surface area contributed by atoms with Crippen molar-refractivity contribution in [2.24, 2.45) is 5.41 Å². The summed E-state index contributed by atoms with van der Waals surface area (Å²) in [6.45, 7) is 9.61. The van der Waals surface area contributed by atoms with Crippen molar-refractivity contribution in [1.82, 2.24) is 19.8 Å². The van der Waals surface area contributed by atoms with E-state index in [4.69, 9.17) is 14.7 Å². The van der Waals surface area contributed by atoms with Crippen LogP contribution in [0, 0.1) is 5.41 Å². The maximum absolute atomic E-state index is 12.6. The Morgan fingerprint density at radius 2 is 1.94 bits per heavy atom. The van der Waals surface area contributed by atoms with Crippen LogP contribution in [0.5, 0.6) is 0 Å². The fraction of sp³-hybridized carbons (Fsp3) is 0.739. The first-order valence-corrected chi connectivity index (χ1v) is 11.3. The molecule has 3 heterocycles. The predicted octanol–water partition coefficient (Wildman–Crippen LogP) is 2.62. The lowest BCUT2D eigenvalue weighted by molar-refractivity contribution is -0.134. The standard InChI is InChI=1S/C23H37N5O3/c1-23(2,3)14-21(30)27-8-6-16(7-9-27)22-25-18(13-19(24-4)26-22)17-12-20(29)28(15-17)10-11-31-5/h13,16-17H,6-12,14-15H2,1-5H3,(H,24,25,26). The van der Waals surface area contributed by atoms with E-state index in [1.165, 1.54) is 0 Å². The number of likely N-dealkylation sites (tertiary alicyclic amines) is 2. The van der Waals surface area contributed by atoms with Crippen LogP contribution in [-0.2, 0) is 14.3 Å². The van der Waals surface area contributed by atoms with Crippen LogP contribution >= 0.6 is 0 Å². The summed E-state index contributed by atoms with van der Waals surface area (Å²) in [6.07, 6.45) is 2.78. The number of hydrogen-bond donors (Lipinski definition) is 1. The van der Waals surface area contributed by atoms with Gasteiger partial charge in [-0.1, -0.05) is 20.8 Å². The SMILES string of the molecule is CNc1cc(C2CC(=O)N(CCOC)C2)nc(C2CCN(C(=O)CC(C)(C)C)CC2)n1. The molecule has 0 aliphatic carbocycles. The van der Waals surface area contributed by atoms with E-state index in [-0.39, 0.29) is 29.1 Å². The summed E-state index contributed by atoms with van der Waals surface area (Å²) in [5.74, 6) is 2.30. The van der Waals surface area contributed by atoms with Gasteiger partial charge in [0.2, 0.25) is 11.8 Å². The zero-order chi connectivity index (χ0) is 22.6. The number of anilines is 1. The molecular weight excluding hydrogens is 394 g/mol. The van der Waals surface area contributed by atoms with E-state index in [1.807, 2.05) is 22.9 Å². The van der Waals surface area contributed by atoms with Crippen molar-refractivity contribution >= 4 is 17.6 Å². The van der Waals surface area contributed by atoms with Crippen LogP contribution in [0.1, 0.15) is 69.8 Å². The first-order valence-electron chi connectivity index (χ1n) is 11.3. The maximum Gasteiger partial charge on any atom is 0.223 e. The second-order valence-electron chi connectivity index (χ2n) is 9.91. The number of rotatable bonds is 7. The molecule has 31 heavy (non-hydrogen) atoms. The number of amides is 2. The van der Waals surface area contributed by atoms with Crippen LogP contribution in [-0.4, -0.2) is 78.5 Å². The van der Waals surface area contributed by atoms with Crippen LogP contribution in [0.25, 0.3) is 0 Å². The van der Waals surface area contributed by atoms with Crippen LogP contribution in [0.2, 0.25) is 0 Å². The van der Waals surface area contributed by atoms with Gasteiger partial charge in [-0.3, -0.25) is 9.59 Å². The number of nitrogens with zero attached hydrogens (tertiary/aromatic N) is 4. The average Bonchev–Trinajstić information content (AvgIpc) is 3.11. The molecule has 2 saturated heterocycles. The van der Waals surface area contributed by atoms with E-state index in [2.05, 4.69) is 26.1 Å². The molecule has 3 rings (SSSR count). The zero-order valence-electron chi connectivity index (χ0n) is 19.6. The Morgan fingerprint density at radius 1 is 1.23 bits per heavy atom. The van der Waals surface area contributed by atoms with Crippen molar-refractivity contribution in [2.45, 2.75) is 58.3 Å². The first-order chi connectivity index (χ1) is 14.7. The predicted molar refractivity (Wildman–Crippen MR) is 120 cm³/mol. The third kappa shape index (κ3) is 6.15. The number of carbonyl (C=O) groups is 2. The Kier molecular flexibility index (Phi) is 7.51. The van der Waals surface area contributed by atoms with Crippen molar-refractivity contribution in [3.05, 3.63) is 17.6 Å². The summed E-state index contributed by atoms with van der Waals surface area (Å²) in [4.78, 5) is 38.4. The molecule has 1 aromatic rings. The van der Waals surface area contributed by atoms with E-state index in [9.17, 15) is 9.59 Å². The Balaban J connectivity index is 1.68. The lowest BCUT2D eigenvalue weighted by Gasteiger charge is -2.33. The number of piperidine rings is 1. The second-order valence-corrected chi connectivity index (χ2v) is 9.91. The number of ether oxygens (including phenoxy) is 1. The third-order valence-corrected chi connectivity index (χ3v) is 6.11. The highest BCUT2D eigenvalue weighted by molar-refractivity contribution is 5.79. The molecule has 1 atom stereocenters. The minimum Gasteiger partial charge on any atom is -0.383 e. The summed E-state index contributed by atoms with van der Waals surface area (Å²) < 4.78 is 5.12. The smallest absolute Gasteiger partial charge is 0.223 e. The molecule has 1 aromatic heterocycles. The van der Waals surface area contributed by atoms with E-state index >= 15 is 0 Å². The van der Waals surface area contributed by atoms with Gasteiger partial charge in [-0.15, -0.1) is 0 Å². The number of nitrogens with one attached hydrogen (secondary N) is 1. The van der Waals surface area contributed by atoms with Crippen LogP contribution in [0.3, 0.4) is 0 Å². The molecule has 0 radical (unpaired) electrons. The number of carbonyl (C=O) groups excluding carboxylic acids is 2. The molecule has 8 heteroatoms. The Hall–Kier alpha value is -2.22. The number of aromatic nitrogens is 2. The highest BCUT2D eigenvalue weighted by Crippen LogP contribution is 2.32. The molecule has 1 unspecified atom stereocenters. The lowest BCUT2D eigenvalue weighted by Crippen LogP contribution is -2.39. The largest absolute Gasteiger partial charge is 0.383 e. The second kappa shape index (κ2) is 9.94. The van der Waals surface area contributed by atoms with Crippen LogP contribution in [0.4, 0.5) is 5.82 Å². The molecule has 1 N–H and O–H groups in total. The molecule has 0 spiro atoms. The monoisotopic (exact) mass is 431 g/mol. The Bertz CT molecular complexity index is 784. The van der Waals surface area contributed by atoms with Gasteiger partial charge in [0.05, 0.1) is 12.3 Å². The summed E-state index contributed by atoms with van der Waals surface area (Å²) in [7, 11) is 3.50. The fourth-order valence-corrected chi connectivity index (χ4v) is 4.35. The van der Waals surface area contributed by atoms with Gasteiger partial charge in [0.1, 0.15) is 11.6 Å². The highest BCUT2D eigenvalue weighted by Gasteiger charge is 2.33. The maximum atomic E-state index is 12.6. The third-order valence-electron chi connectivity index (χ3n) is 6.11. The summed E-state index contributed by atoms with van der Waals surface area (Å²) >= 11 is 0. The van der Waals surface area contributed by atoms with E-state index in [0.29, 0.717) is 32.5 Å². The van der Waals surface area contributed by atoms with Crippen molar-refractivity contribution in [3.8, 4) is 0 Å². The minimum atomic E-state index is 0.00290. The summed E-state index contributed by atoms with van der Waals surface area (Å²) in [6, 6.07) is 1.96. The highest BCUT2D eigenvalue weighted by atomic mass is 16.5. The van der Waals surface area contributed by atoms with Crippen molar-refractivity contribution < 1.29 is 14.3 Å². The molecule has 2 aliphatic rings. The quantitative estimate of drug-likeness (QED) is 0.714. The van der Waals surface area contributed by atoms with Crippen LogP contribution < -0.4 is 5.32 Å². The topological polar surface area (TPSA) is 87.7 Å². The molecule has 172 valence electrons. The molecule has 2 fully saturated rings. The van der Waals surface area contributed by atoms with Crippen molar-refractivity contribution in [1.29, 1.82) is 0 Å². The lowest BCUT2D eigenvalue weighted by atomic mass is 9.90. The fourth-order valence-electron chi connectivity index (χ4n) is 4.35. The van der Waals surface area contributed by atoms with Gasteiger partial charge in [-0.05, 0) is 18.3 Å². The molecule has 0 aromatic carbocycles. The molecule has 0 bridgehead atoms. The van der Waals surface area contributed by atoms with Gasteiger partial charge in [0.25, 0.3) is 0 Å². The molecule has 8 nitrogen and oxygen atoms in total. The van der Waals surface area contributed by atoms with Gasteiger partial charge < -0.3 is 19.9 Å². The van der Waals surface area contributed by atoms with Gasteiger partial charge in [0.15, 0.2) is 0 Å². The Labute approximate surface area is 185 Å². The van der Waals surface area contributed by atoms with Gasteiger partial charge in [-0.25, -0.2) is 9.97 Å². The Morgan fingerprint density at radius 3 is 2.55 bits per heavy atom. The number of methoxy groups -OCH3 is 1. The van der Waals surface area contributed by atoms with E-state index in [0.717, 1.165) is 43.3 Å². The van der Waals surface area contributed by atoms with E-state index in [1.54, 1.807) is 7.11 Å². The zero-order valence-corrected chi connectivity index (χ0v) is 19.6. The van der Waals surface area contributed by atoms with Crippen molar-refractivity contribution in [3.63, 3.8) is 0 Å². The van der Waals surface area contributed by atoms with Gasteiger partial charge in [-0.2, -0.15) is 0 Å². The van der Waals surface area contributed by atoms with E-state index < -0.39 is 0 Å². The summed E-state index contributed by atoms with van der Waals surface area (Å²) in [5, 5.41) is 3.15. The molecule has 2 amide bonds. The average molecular weight is 432 g/mol. The van der Waals surface area contributed by atoms with Crippen molar-refractivity contribution in [2.75, 3.05) is 52.3 Å². The summed E-state index contributed by atoms with van der Waals surface area (Å²) in [5.41, 5.74) is 0.928. The number of hydrogen-bond acceptors (Lipinski definition) is 6.